The fourth-order valence-electron chi connectivity index (χ4n) is 2.46. The highest BCUT2D eigenvalue weighted by Gasteiger charge is 2.21. The predicted molar refractivity (Wildman–Crippen MR) is 79.9 cm³/mol. The Kier molecular flexibility index (Phi) is 5.23. The van der Waals surface area contributed by atoms with Crippen molar-refractivity contribution in [2.24, 2.45) is 0 Å². The Morgan fingerprint density at radius 1 is 1.21 bits per heavy atom. The van der Waals surface area contributed by atoms with E-state index in [0.29, 0.717) is 18.0 Å². The monoisotopic (exact) mass is 262 g/mol. The van der Waals surface area contributed by atoms with Crippen molar-refractivity contribution in [1.82, 2.24) is 10.6 Å². The van der Waals surface area contributed by atoms with Crippen LogP contribution in [0.4, 0.5) is 0 Å². The molecule has 0 radical (unpaired) electrons. The predicted octanol–water partition coefficient (Wildman–Crippen LogP) is 2.53. The molecule has 2 atom stereocenters. The number of rotatable bonds is 6. The average Bonchev–Trinajstić information content (AvgIpc) is 2.42. The summed E-state index contributed by atoms with van der Waals surface area (Å²) in [5.41, 5.74) is 1.35. The second-order valence-electron chi connectivity index (χ2n) is 5.74. The van der Waals surface area contributed by atoms with Crippen LogP contribution in [0.2, 0.25) is 0 Å². The Labute approximate surface area is 116 Å². The van der Waals surface area contributed by atoms with Gasteiger partial charge in [-0.3, -0.25) is 0 Å². The minimum atomic E-state index is 0.498. The Hall–Kier alpha value is -1.06. The molecule has 1 heterocycles. The first kappa shape index (κ1) is 14.4. The van der Waals surface area contributed by atoms with Crippen LogP contribution in [0.25, 0.3) is 0 Å². The summed E-state index contributed by atoms with van der Waals surface area (Å²) < 4.78 is 5.70. The van der Waals surface area contributed by atoms with Gasteiger partial charge >= 0.3 is 0 Å². The van der Waals surface area contributed by atoms with Crippen molar-refractivity contribution in [3.63, 3.8) is 0 Å². The van der Waals surface area contributed by atoms with Crippen LogP contribution in [0, 0.1) is 0 Å². The third-order valence-electron chi connectivity index (χ3n) is 3.63. The van der Waals surface area contributed by atoms with Crippen molar-refractivity contribution in [3.05, 3.63) is 29.8 Å². The number of fused-ring (bicyclic) bond motifs is 1. The molecular weight excluding hydrogens is 236 g/mol. The molecule has 0 saturated heterocycles. The molecule has 2 unspecified atom stereocenters. The fraction of sp³-hybridized carbons (Fsp3) is 0.625. The molecule has 19 heavy (non-hydrogen) atoms. The van der Waals surface area contributed by atoms with Gasteiger partial charge in [0.15, 0.2) is 0 Å². The summed E-state index contributed by atoms with van der Waals surface area (Å²) >= 11 is 0. The van der Waals surface area contributed by atoms with E-state index in [1.807, 2.05) is 6.07 Å². The van der Waals surface area contributed by atoms with Crippen molar-refractivity contribution in [2.45, 2.75) is 45.2 Å². The lowest BCUT2D eigenvalue weighted by atomic mass is 9.93. The Morgan fingerprint density at radius 2 is 2.00 bits per heavy atom. The van der Waals surface area contributed by atoms with Crippen LogP contribution in [-0.2, 0) is 0 Å². The standard InChI is InChI=1S/C16H26N2O/c1-12(2)17-10-13(3)18-11-14-8-9-19-16-7-5-4-6-15(14)16/h4-7,12-14,17-18H,8-11H2,1-3H3. The number of ether oxygens (including phenoxy) is 1. The molecule has 106 valence electrons. The highest BCUT2D eigenvalue weighted by atomic mass is 16.5. The van der Waals surface area contributed by atoms with Gasteiger partial charge in [-0.05, 0) is 25.0 Å². The molecule has 1 aliphatic heterocycles. The Balaban J connectivity index is 1.84. The SMILES string of the molecule is CC(C)NCC(C)NCC1CCOc2ccccc21. The number of nitrogens with one attached hydrogen (secondary N) is 2. The Bertz CT molecular complexity index is 392. The van der Waals surface area contributed by atoms with Gasteiger partial charge in [-0.2, -0.15) is 0 Å². The van der Waals surface area contributed by atoms with Gasteiger partial charge in [0.05, 0.1) is 6.61 Å². The zero-order valence-electron chi connectivity index (χ0n) is 12.3. The normalized spacial score (nSPS) is 19.9. The van der Waals surface area contributed by atoms with E-state index in [-0.39, 0.29) is 0 Å². The van der Waals surface area contributed by atoms with Crippen molar-refractivity contribution >= 4 is 0 Å². The summed E-state index contributed by atoms with van der Waals surface area (Å²) in [7, 11) is 0. The molecule has 0 bridgehead atoms. The van der Waals surface area contributed by atoms with Gasteiger partial charge in [-0.25, -0.2) is 0 Å². The van der Waals surface area contributed by atoms with Gasteiger partial charge in [-0.1, -0.05) is 32.0 Å². The molecule has 0 aromatic heterocycles. The van der Waals surface area contributed by atoms with E-state index in [4.69, 9.17) is 4.74 Å². The van der Waals surface area contributed by atoms with E-state index in [1.165, 1.54) is 5.56 Å². The topological polar surface area (TPSA) is 33.3 Å². The molecule has 2 rings (SSSR count). The summed E-state index contributed by atoms with van der Waals surface area (Å²) in [5, 5.41) is 7.10. The fourth-order valence-corrected chi connectivity index (χ4v) is 2.46. The third-order valence-corrected chi connectivity index (χ3v) is 3.63. The third kappa shape index (κ3) is 4.22. The van der Waals surface area contributed by atoms with Crippen molar-refractivity contribution in [2.75, 3.05) is 19.7 Å². The van der Waals surface area contributed by atoms with Crippen LogP contribution in [-0.4, -0.2) is 31.8 Å². The van der Waals surface area contributed by atoms with Crippen molar-refractivity contribution in [1.29, 1.82) is 0 Å². The molecule has 0 fully saturated rings. The van der Waals surface area contributed by atoms with Gasteiger partial charge < -0.3 is 15.4 Å². The van der Waals surface area contributed by atoms with Crippen LogP contribution < -0.4 is 15.4 Å². The molecule has 0 saturated carbocycles. The second-order valence-corrected chi connectivity index (χ2v) is 5.74. The highest BCUT2D eigenvalue weighted by molar-refractivity contribution is 5.37. The van der Waals surface area contributed by atoms with E-state index in [1.54, 1.807) is 0 Å². The number of para-hydroxylation sites is 1. The van der Waals surface area contributed by atoms with Crippen molar-refractivity contribution < 1.29 is 4.74 Å². The van der Waals surface area contributed by atoms with Crippen LogP contribution >= 0.6 is 0 Å². The van der Waals surface area contributed by atoms with E-state index in [9.17, 15) is 0 Å². The maximum atomic E-state index is 5.70. The summed E-state index contributed by atoms with van der Waals surface area (Å²) in [5.74, 6) is 1.64. The number of hydrogen-bond acceptors (Lipinski definition) is 3. The minimum Gasteiger partial charge on any atom is -0.493 e. The van der Waals surface area contributed by atoms with Crippen LogP contribution in [0.3, 0.4) is 0 Å². The first-order chi connectivity index (χ1) is 9.16. The number of hydrogen-bond donors (Lipinski definition) is 2. The van der Waals surface area contributed by atoms with Crippen molar-refractivity contribution in [3.8, 4) is 5.75 Å². The minimum absolute atomic E-state index is 0.498. The lowest BCUT2D eigenvalue weighted by Gasteiger charge is -2.27. The summed E-state index contributed by atoms with van der Waals surface area (Å²) in [6.45, 7) is 9.48. The summed E-state index contributed by atoms with van der Waals surface area (Å²) in [6.07, 6.45) is 1.11. The zero-order valence-corrected chi connectivity index (χ0v) is 12.3. The van der Waals surface area contributed by atoms with E-state index >= 15 is 0 Å². The molecule has 0 amide bonds. The largest absolute Gasteiger partial charge is 0.493 e. The maximum absolute atomic E-state index is 5.70. The van der Waals surface area contributed by atoms with Gasteiger partial charge in [0.1, 0.15) is 5.75 Å². The second kappa shape index (κ2) is 6.92. The molecule has 3 heteroatoms. The Morgan fingerprint density at radius 3 is 2.79 bits per heavy atom. The molecule has 2 N–H and O–H groups in total. The summed E-state index contributed by atoms with van der Waals surface area (Å²) in [6, 6.07) is 9.46. The lowest BCUT2D eigenvalue weighted by molar-refractivity contribution is 0.262. The first-order valence-electron chi connectivity index (χ1n) is 7.35. The van der Waals surface area contributed by atoms with Gasteiger partial charge in [0, 0.05) is 31.1 Å². The van der Waals surface area contributed by atoms with Crippen LogP contribution in [0.15, 0.2) is 24.3 Å². The average molecular weight is 262 g/mol. The molecule has 3 nitrogen and oxygen atoms in total. The maximum Gasteiger partial charge on any atom is 0.122 e. The van der Waals surface area contributed by atoms with E-state index < -0.39 is 0 Å². The van der Waals surface area contributed by atoms with E-state index in [2.05, 4.69) is 49.6 Å². The smallest absolute Gasteiger partial charge is 0.122 e. The first-order valence-corrected chi connectivity index (χ1v) is 7.35. The highest BCUT2D eigenvalue weighted by Crippen LogP contribution is 2.32. The van der Waals surface area contributed by atoms with Crippen LogP contribution in [0.1, 0.15) is 38.7 Å². The number of benzene rings is 1. The molecule has 0 spiro atoms. The molecule has 1 aromatic rings. The van der Waals surface area contributed by atoms with Gasteiger partial charge in [0.25, 0.3) is 0 Å². The van der Waals surface area contributed by atoms with Gasteiger partial charge in [0.2, 0.25) is 0 Å². The summed E-state index contributed by atoms with van der Waals surface area (Å²) in [4.78, 5) is 0. The van der Waals surface area contributed by atoms with E-state index in [0.717, 1.165) is 31.9 Å². The lowest BCUT2D eigenvalue weighted by Crippen LogP contribution is -2.41. The zero-order chi connectivity index (χ0) is 13.7. The molecular formula is C16H26N2O. The van der Waals surface area contributed by atoms with Crippen LogP contribution in [0.5, 0.6) is 5.75 Å². The molecule has 1 aliphatic rings. The van der Waals surface area contributed by atoms with Gasteiger partial charge in [-0.15, -0.1) is 0 Å². The quantitative estimate of drug-likeness (QED) is 0.826. The molecule has 0 aliphatic carbocycles. The molecule has 1 aromatic carbocycles.